The molecule has 2 aliphatic rings. The Morgan fingerprint density at radius 1 is 1.27 bits per heavy atom. The molecule has 144 valence electrons. The third kappa shape index (κ3) is 3.83. The van der Waals surface area contributed by atoms with Gasteiger partial charge in [0.2, 0.25) is 10.0 Å². The molecule has 0 saturated carbocycles. The van der Waals surface area contributed by atoms with Crippen molar-refractivity contribution < 1.29 is 26.7 Å². The predicted molar refractivity (Wildman–Crippen MR) is 91.8 cm³/mol. The summed E-state index contributed by atoms with van der Waals surface area (Å²) >= 11 is 0. The molecule has 0 aromatic heterocycles. The van der Waals surface area contributed by atoms with Crippen molar-refractivity contribution >= 4 is 16.1 Å². The fraction of sp³-hybridized carbons (Fsp3) is 0.588. The molecule has 0 spiro atoms. The Balaban J connectivity index is 1.75. The Kier molecular flexibility index (Phi) is 4.96. The lowest BCUT2D eigenvalue weighted by atomic mass is 10.0. The molecular formula is C17H22F2N2O4S. The highest BCUT2D eigenvalue weighted by Crippen LogP contribution is 2.34. The molecule has 3 rings (SSSR count). The second-order valence-electron chi connectivity index (χ2n) is 7.03. The van der Waals surface area contributed by atoms with Gasteiger partial charge in [-0.3, -0.25) is 0 Å². The third-order valence-corrected chi connectivity index (χ3v) is 7.26. The van der Waals surface area contributed by atoms with Crippen LogP contribution >= 0.6 is 0 Å². The number of hydrogen-bond acceptors (Lipinski definition) is 4. The van der Waals surface area contributed by atoms with E-state index >= 15 is 0 Å². The molecule has 0 radical (unpaired) electrons. The highest BCUT2D eigenvalue weighted by Gasteiger charge is 2.49. The van der Waals surface area contributed by atoms with Gasteiger partial charge in [0.1, 0.15) is 5.75 Å². The first-order chi connectivity index (χ1) is 12.1. The van der Waals surface area contributed by atoms with E-state index < -0.39 is 46.3 Å². The first-order valence-corrected chi connectivity index (χ1v) is 10.0. The Morgan fingerprint density at radius 3 is 2.50 bits per heavy atom. The highest BCUT2D eigenvalue weighted by molar-refractivity contribution is 7.90. The number of sulfonamides is 1. The van der Waals surface area contributed by atoms with Crippen LogP contribution in [0.15, 0.2) is 24.3 Å². The first-order valence-electron chi connectivity index (χ1n) is 8.50. The molecule has 2 fully saturated rings. The lowest BCUT2D eigenvalue weighted by molar-refractivity contribution is -0.0760. The fourth-order valence-electron chi connectivity index (χ4n) is 3.38. The van der Waals surface area contributed by atoms with Crippen molar-refractivity contribution in [2.45, 2.75) is 43.9 Å². The lowest BCUT2D eigenvalue weighted by Gasteiger charge is -2.40. The number of alkyl halides is 2. The van der Waals surface area contributed by atoms with E-state index in [-0.39, 0.29) is 18.8 Å². The number of benzene rings is 1. The maximum Gasteiger partial charge on any atom is 0.415 e. The van der Waals surface area contributed by atoms with Gasteiger partial charge in [0.15, 0.2) is 0 Å². The number of amides is 1. The minimum Gasteiger partial charge on any atom is -0.410 e. The minimum atomic E-state index is -3.61. The van der Waals surface area contributed by atoms with Gasteiger partial charge in [-0.15, -0.1) is 0 Å². The number of nitrogens with zero attached hydrogens (tertiary/aromatic N) is 2. The average molecular weight is 388 g/mol. The first kappa shape index (κ1) is 19.0. The average Bonchev–Trinajstić information content (AvgIpc) is 2.81. The van der Waals surface area contributed by atoms with Crippen LogP contribution in [0.5, 0.6) is 5.75 Å². The summed E-state index contributed by atoms with van der Waals surface area (Å²) in [6.45, 7) is 2.76. The number of carbonyl (C=O) groups excluding carboxylic acids is 1. The van der Waals surface area contributed by atoms with Crippen molar-refractivity contribution in [1.82, 2.24) is 9.21 Å². The summed E-state index contributed by atoms with van der Waals surface area (Å²) in [5, 5.41) is -0.592. The number of ether oxygens (including phenoxy) is 1. The van der Waals surface area contributed by atoms with E-state index in [0.29, 0.717) is 6.42 Å². The Labute approximate surface area is 151 Å². The monoisotopic (exact) mass is 388 g/mol. The molecule has 9 heteroatoms. The van der Waals surface area contributed by atoms with Crippen molar-refractivity contribution in [3.8, 4) is 5.75 Å². The second-order valence-corrected chi connectivity index (χ2v) is 9.33. The maximum absolute atomic E-state index is 14.2. The molecule has 2 heterocycles. The minimum absolute atomic E-state index is 0.105. The lowest BCUT2D eigenvalue weighted by Crippen LogP contribution is -2.57. The van der Waals surface area contributed by atoms with Gasteiger partial charge in [0, 0.05) is 25.6 Å². The Morgan fingerprint density at radius 2 is 1.92 bits per heavy atom. The molecule has 2 aliphatic heterocycles. The van der Waals surface area contributed by atoms with Crippen molar-refractivity contribution in [3.63, 3.8) is 0 Å². The smallest absolute Gasteiger partial charge is 0.410 e. The number of halogens is 2. The summed E-state index contributed by atoms with van der Waals surface area (Å²) in [5.41, 5.74) is 0.975. The molecule has 2 atom stereocenters. The number of aryl methyl sites for hydroxylation is 1. The van der Waals surface area contributed by atoms with E-state index in [1.54, 1.807) is 31.2 Å². The van der Waals surface area contributed by atoms with Crippen molar-refractivity contribution in [2.24, 2.45) is 0 Å². The summed E-state index contributed by atoms with van der Waals surface area (Å²) in [5.74, 6) is -2.91. The van der Waals surface area contributed by atoms with Crippen molar-refractivity contribution in [1.29, 1.82) is 0 Å². The molecule has 26 heavy (non-hydrogen) atoms. The van der Waals surface area contributed by atoms with Crippen LogP contribution in [-0.2, 0) is 10.0 Å². The summed E-state index contributed by atoms with van der Waals surface area (Å²) in [4.78, 5) is 13.2. The molecule has 1 unspecified atom stereocenters. The summed E-state index contributed by atoms with van der Waals surface area (Å²) in [7, 11) is -3.61. The largest absolute Gasteiger partial charge is 0.415 e. The second kappa shape index (κ2) is 6.77. The van der Waals surface area contributed by atoms with Crippen LogP contribution in [0.25, 0.3) is 0 Å². The van der Waals surface area contributed by atoms with E-state index in [2.05, 4.69) is 0 Å². The van der Waals surface area contributed by atoms with E-state index in [0.717, 1.165) is 14.8 Å². The normalized spacial score (nSPS) is 28.1. The van der Waals surface area contributed by atoms with Gasteiger partial charge in [-0.25, -0.2) is 22.0 Å². The number of rotatable bonds is 2. The summed E-state index contributed by atoms with van der Waals surface area (Å²) < 4.78 is 59.4. The van der Waals surface area contributed by atoms with Gasteiger partial charge >= 0.3 is 6.09 Å². The SMILES string of the molecule is Cc1ccc(OC(=O)N2CC(N3CC[C@H](C)S3(=O)=O)CC(F)(F)C2)cc1. The van der Waals surface area contributed by atoms with Crippen LogP contribution in [0.4, 0.5) is 13.6 Å². The number of likely N-dealkylation sites (tertiary alicyclic amines) is 1. The number of piperidine rings is 1. The van der Waals surface area contributed by atoms with Gasteiger partial charge in [-0.05, 0) is 32.4 Å². The zero-order chi connectivity index (χ0) is 19.1. The van der Waals surface area contributed by atoms with Crippen molar-refractivity contribution in [2.75, 3.05) is 19.6 Å². The van der Waals surface area contributed by atoms with Crippen LogP contribution in [0, 0.1) is 6.92 Å². The summed E-state index contributed by atoms with van der Waals surface area (Å²) in [6.07, 6.45) is -1.09. The van der Waals surface area contributed by atoms with Gasteiger partial charge in [0.25, 0.3) is 5.92 Å². The zero-order valence-corrected chi connectivity index (χ0v) is 15.5. The maximum atomic E-state index is 14.2. The third-order valence-electron chi connectivity index (χ3n) is 4.87. The summed E-state index contributed by atoms with van der Waals surface area (Å²) in [6, 6.07) is 5.71. The van der Waals surface area contributed by atoms with Crippen LogP contribution in [-0.4, -0.2) is 60.6 Å². The Hall–Kier alpha value is -1.74. The standard InChI is InChI=1S/C17H22F2N2O4S/c1-12-3-5-15(6-4-12)25-16(22)20-10-14(9-17(18,19)11-20)21-8-7-13(2)26(21,23)24/h3-6,13-14H,7-11H2,1-2H3/t13-,14?/m0/s1. The molecule has 2 saturated heterocycles. The van der Waals surface area contributed by atoms with E-state index in [1.807, 2.05) is 6.92 Å². The Bertz CT molecular complexity index is 782. The van der Waals surface area contributed by atoms with Gasteiger partial charge in [-0.2, -0.15) is 4.31 Å². The molecule has 1 aromatic carbocycles. The van der Waals surface area contributed by atoms with Crippen LogP contribution < -0.4 is 4.74 Å². The quantitative estimate of drug-likeness (QED) is 0.781. The highest BCUT2D eigenvalue weighted by atomic mass is 32.2. The van der Waals surface area contributed by atoms with E-state index in [4.69, 9.17) is 4.74 Å². The van der Waals surface area contributed by atoms with Crippen LogP contribution in [0.1, 0.15) is 25.3 Å². The predicted octanol–water partition coefficient (Wildman–Crippen LogP) is 2.63. The molecule has 1 aromatic rings. The molecule has 0 aliphatic carbocycles. The van der Waals surface area contributed by atoms with Crippen LogP contribution in [0.3, 0.4) is 0 Å². The zero-order valence-electron chi connectivity index (χ0n) is 14.7. The molecule has 0 bridgehead atoms. The fourth-order valence-corrected chi connectivity index (χ4v) is 5.16. The van der Waals surface area contributed by atoms with Gasteiger partial charge in [-0.1, -0.05) is 17.7 Å². The van der Waals surface area contributed by atoms with Crippen LogP contribution in [0.2, 0.25) is 0 Å². The molecule has 1 amide bonds. The van der Waals surface area contributed by atoms with E-state index in [1.165, 1.54) is 0 Å². The van der Waals surface area contributed by atoms with Gasteiger partial charge < -0.3 is 9.64 Å². The molecule has 0 N–H and O–H groups in total. The molecule has 6 nitrogen and oxygen atoms in total. The van der Waals surface area contributed by atoms with Gasteiger partial charge in [0.05, 0.1) is 11.8 Å². The number of hydrogen-bond donors (Lipinski definition) is 0. The topological polar surface area (TPSA) is 66.9 Å². The molecular weight excluding hydrogens is 366 g/mol. The van der Waals surface area contributed by atoms with Crippen molar-refractivity contribution in [3.05, 3.63) is 29.8 Å². The number of carbonyl (C=O) groups is 1. The van der Waals surface area contributed by atoms with E-state index in [9.17, 15) is 22.0 Å².